The first-order valence-electron chi connectivity index (χ1n) is 6.95. The van der Waals surface area contributed by atoms with Crippen LogP contribution >= 0.6 is 0 Å². The van der Waals surface area contributed by atoms with Gasteiger partial charge in [0.25, 0.3) is 0 Å². The number of rotatable bonds is 3. The van der Waals surface area contributed by atoms with E-state index in [1.807, 2.05) is 23.1 Å². The van der Waals surface area contributed by atoms with Crippen LogP contribution in [0.3, 0.4) is 0 Å². The lowest BCUT2D eigenvalue weighted by Gasteiger charge is -2.33. The Kier molecular flexibility index (Phi) is 3.67. The van der Waals surface area contributed by atoms with Crippen molar-refractivity contribution < 1.29 is 19.4 Å². The van der Waals surface area contributed by atoms with Crippen molar-refractivity contribution in [2.75, 3.05) is 19.9 Å². The van der Waals surface area contributed by atoms with Crippen molar-refractivity contribution in [3.63, 3.8) is 0 Å². The maximum Gasteiger partial charge on any atom is 0.306 e. The van der Waals surface area contributed by atoms with Crippen LogP contribution in [-0.4, -0.2) is 35.9 Å². The molecule has 0 saturated carbocycles. The summed E-state index contributed by atoms with van der Waals surface area (Å²) in [5.74, 6) is 0.316. The highest BCUT2D eigenvalue weighted by molar-refractivity contribution is 5.70. The van der Waals surface area contributed by atoms with Gasteiger partial charge in [-0.15, -0.1) is 0 Å². The quantitative estimate of drug-likeness (QED) is 0.912. The number of carbonyl (C=O) groups is 1. The number of likely N-dealkylation sites (tertiary alicyclic amines) is 1. The van der Waals surface area contributed by atoms with E-state index in [1.165, 1.54) is 0 Å². The van der Waals surface area contributed by atoms with Crippen molar-refractivity contribution in [2.45, 2.75) is 18.9 Å². The lowest BCUT2D eigenvalue weighted by molar-refractivity contribution is -0.143. The third-order valence-corrected chi connectivity index (χ3v) is 4.08. The molecule has 3 rings (SSSR count). The number of benzene rings is 1. The van der Waals surface area contributed by atoms with Crippen molar-refractivity contribution in [1.82, 2.24) is 4.90 Å². The first kappa shape index (κ1) is 13.7. The summed E-state index contributed by atoms with van der Waals surface area (Å²) in [5, 5.41) is 18.5. The molecule has 2 aliphatic rings. The second-order valence-electron chi connectivity index (χ2n) is 5.29. The Bertz CT molecular complexity index is 588. The maximum atomic E-state index is 11.0. The summed E-state index contributed by atoms with van der Waals surface area (Å²) < 4.78 is 10.6. The molecule has 1 saturated heterocycles. The van der Waals surface area contributed by atoms with Gasteiger partial charge < -0.3 is 14.6 Å². The number of nitriles is 1. The third-order valence-electron chi connectivity index (χ3n) is 4.08. The zero-order valence-corrected chi connectivity index (χ0v) is 11.5. The monoisotopic (exact) mass is 288 g/mol. The van der Waals surface area contributed by atoms with Crippen molar-refractivity contribution in [1.29, 1.82) is 5.26 Å². The number of aliphatic carboxylic acids is 1. The third kappa shape index (κ3) is 2.65. The molecule has 1 N–H and O–H groups in total. The van der Waals surface area contributed by atoms with E-state index in [0.29, 0.717) is 37.4 Å². The van der Waals surface area contributed by atoms with Gasteiger partial charge in [0.2, 0.25) is 6.79 Å². The number of carboxylic acid groups (broad SMARTS) is 1. The van der Waals surface area contributed by atoms with Crippen LogP contribution in [0.5, 0.6) is 11.5 Å². The van der Waals surface area contributed by atoms with E-state index in [4.69, 9.17) is 14.6 Å². The highest BCUT2D eigenvalue weighted by Gasteiger charge is 2.30. The van der Waals surface area contributed by atoms with Crippen LogP contribution in [0.15, 0.2) is 18.2 Å². The Morgan fingerprint density at radius 2 is 2.05 bits per heavy atom. The maximum absolute atomic E-state index is 11.0. The van der Waals surface area contributed by atoms with Gasteiger partial charge in [0.05, 0.1) is 12.0 Å². The molecule has 21 heavy (non-hydrogen) atoms. The zero-order chi connectivity index (χ0) is 14.8. The molecule has 2 aliphatic heterocycles. The fourth-order valence-corrected chi connectivity index (χ4v) is 2.85. The molecule has 0 amide bonds. The van der Waals surface area contributed by atoms with E-state index in [1.54, 1.807) is 0 Å². The Balaban J connectivity index is 1.74. The minimum atomic E-state index is -0.744. The summed E-state index contributed by atoms with van der Waals surface area (Å²) in [6.07, 6.45) is 1.16. The van der Waals surface area contributed by atoms with Gasteiger partial charge in [-0.2, -0.15) is 5.26 Å². The minimum Gasteiger partial charge on any atom is -0.481 e. The van der Waals surface area contributed by atoms with Gasteiger partial charge in [-0.1, -0.05) is 6.07 Å². The fourth-order valence-electron chi connectivity index (χ4n) is 2.85. The molecule has 1 unspecified atom stereocenters. The molecule has 0 bridgehead atoms. The van der Waals surface area contributed by atoms with Crippen LogP contribution in [-0.2, 0) is 4.79 Å². The van der Waals surface area contributed by atoms with Crippen molar-refractivity contribution in [3.8, 4) is 17.6 Å². The number of fused-ring (bicyclic) bond motifs is 1. The number of nitrogens with zero attached hydrogens (tertiary/aromatic N) is 2. The van der Waals surface area contributed by atoms with Crippen LogP contribution in [0.2, 0.25) is 0 Å². The molecule has 1 aromatic rings. The summed E-state index contributed by atoms with van der Waals surface area (Å²) in [6.45, 7) is 1.44. The van der Waals surface area contributed by atoms with Gasteiger partial charge in [-0.05, 0) is 30.5 Å². The first-order valence-corrected chi connectivity index (χ1v) is 6.95. The molecule has 0 aromatic heterocycles. The van der Waals surface area contributed by atoms with Crippen molar-refractivity contribution in [2.24, 2.45) is 5.92 Å². The van der Waals surface area contributed by atoms with Gasteiger partial charge in [0.1, 0.15) is 6.04 Å². The van der Waals surface area contributed by atoms with Crippen LogP contribution in [0.1, 0.15) is 24.4 Å². The Morgan fingerprint density at radius 1 is 1.33 bits per heavy atom. The van der Waals surface area contributed by atoms with Crippen molar-refractivity contribution >= 4 is 5.97 Å². The average molecular weight is 288 g/mol. The minimum absolute atomic E-state index is 0.208. The Morgan fingerprint density at radius 3 is 2.71 bits per heavy atom. The summed E-state index contributed by atoms with van der Waals surface area (Å²) in [7, 11) is 0. The molecule has 1 fully saturated rings. The molecule has 0 radical (unpaired) electrons. The second-order valence-corrected chi connectivity index (χ2v) is 5.29. The highest BCUT2D eigenvalue weighted by Crippen LogP contribution is 2.36. The van der Waals surface area contributed by atoms with E-state index >= 15 is 0 Å². The van der Waals surface area contributed by atoms with Gasteiger partial charge in [0, 0.05) is 13.1 Å². The molecule has 0 aliphatic carbocycles. The molecular weight excluding hydrogens is 272 g/mol. The molecule has 110 valence electrons. The summed E-state index contributed by atoms with van der Waals surface area (Å²) in [4.78, 5) is 13.0. The first-order chi connectivity index (χ1) is 10.2. The van der Waals surface area contributed by atoms with Crippen molar-refractivity contribution in [3.05, 3.63) is 23.8 Å². The van der Waals surface area contributed by atoms with E-state index < -0.39 is 5.97 Å². The Hall–Kier alpha value is -2.26. The molecule has 1 aromatic carbocycles. The highest BCUT2D eigenvalue weighted by atomic mass is 16.7. The number of carboxylic acids is 1. The average Bonchev–Trinajstić information content (AvgIpc) is 2.96. The predicted octanol–water partition coefficient (Wildman–Crippen LogP) is 1.78. The largest absolute Gasteiger partial charge is 0.481 e. The topological polar surface area (TPSA) is 82.8 Å². The predicted molar refractivity (Wildman–Crippen MR) is 72.9 cm³/mol. The SMILES string of the molecule is N#CC(c1ccc2c(c1)OCO2)N1CCC(C(=O)O)CC1. The molecule has 1 atom stereocenters. The zero-order valence-electron chi connectivity index (χ0n) is 11.5. The van der Waals surface area contributed by atoms with Gasteiger partial charge >= 0.3 is 5.97 Å². The lowest BCUT2D eigenvalue weighted by atomic mass is 9.94. The van der Waals surface area contributed by atoms with Crippen LogP contribution in [0, 0.1) is 17.2 Å². The lowest BCUT2D eigenvalue weighted by Crippen LogP contribution is -2.38. The summed E-state index contributed by atoms with van der Waals surface area (Å²) in [5.41, 5.74) is 0.857. The smallest absolute Gasteiger partial charge is 0.306 e. The van der Waals surface area contributed by atoms with Crippen LogP contribution in [0.25, 0.3) is 0 Å². The second kappa shape index (κ2) is 5.62. The molecule has 2 heterocycles. The number of piperidine rings is 1. The molecule has 0 spiro atoms. The number of ether oxygens (including phenoxy) is 2. The summed E-state index contributed by atoms with van der Waals surface area (Å²) >= 11 is 0. The molecule has 6 nitrogen and oxygen atoms in total. The van der Waals surface area contributed by atoms with Gasteiger partial charge in [-0.3, -0.25) is 9.69 Å². The van der Waals surface area contributed by atoms with Gasteiger partial charge in [0.15, 0.2) is 11.5 Å². The molecule has 6 heteroatoms. The van der Waals surface area contributed by atoms with E-state index in [9.17, 15) is 10.1 Å². The van der Waals surface area contributed by atoms with Crippen LogP contribution in [0.4, 0.5) is 0 Å². The molecular formula is C15H16N2O4. The standard InChI is InChI=1S/C15H16N2O4/c16-8-12(17-5-3-10(4-6-17)15(18)19)11-1-2-13-14(7-11)21-9-20-13/h1-2,7,10,12H,3-6,9H2,(H,18,19). The summed E-state index contributed by atoms with van der Waals surface area (Å²) in [6, 6.07) is 7.44. The number of hydrogen-bond donors (Lipinski definition) is 1. The normalized spacial score (nSPS) is 20.0. The van der Waals surface area contributed by atoms with Gasteiger partial charge in [-0.25, -0.2) is 0 Å². The van der Waals surface area contributed by atoms with Crippen LogP contribution < -0.4 is 9.47 Å². The number of hydrogen-bond acceptors (Lipinski definition) is 5. The Labute approximate surface area is 122 Å². The fraction of sp³-hybridized carbons (Fsp3) is 0.467. The van der Waals surface area contributed by atoms with E-state index in [0.717, 1.165) is 5.56 Å². The van der Waals surface area contributed by atoms with E-state index in [-0.39, 0.29) is 18.8 Å². The van der Waals surface area contributed by atoms with E-state index in [2.05, 4.69) is 6.07 Å².